The molecule has 0 bridgehead atoms. The minimum Gasteiger partial charge on any atom is -0.0651 e. The highest BCUT2D eigenvalue weighted by Gasteiger charge is 2.41. The Bertz CT molecular complexity index is 120. The summed E-state index contributed by atoms with van der Waals surface area (Å²) in [4.78, 5) is 0. The van der Waals surface area contributed by atoms with E-state index in [1.54, 1.807) is 0 Å². The third-order valence-corrected chi connectivity index (χ3v) is 3.89. The molecular weight excluding hydrogens is 132 g/mol. The molecule has 0 heterocycles. The zero-order valence-electron chi connectivity index (χ0n) is 8.48. The summed E-state index contributed by atoms with van der Waals surface area (Å²) in [5.41, 5.74) is 0.704. The van der Waals surface area contributed by atoms with E-state index in [-0.39, 0.29) is 0 Å². The Labute approximate surface area is 71.4 Å². The number of hydrogen-bond donors (Lipinski definition) is 0. The van der Waals surface area contributed by atoms with Crippen LogP contribution >= 0.6 is 0 Å². The van der Waals surface area contributed by atoms with Crippen molar-refractivity contribution < 1.29 is 0 Å². The van der Waals surface area contributed by atoms with E-state index >= 15 is 0 Å². The lowest BCUT2D eigenvalue weighted by Gasteiger charge is -2.49. The molecule has 0 radical (unpaired) electrons. The summed E-state index contributed by atoms with van der Waals surface area (Å²) in [5.74, 6) is 1.99. The highest BCUT2D eigenvalue weighted by Crippen LogP contribution is 2.52. The van der Waals surface area contributed by atoms with Crippen LogP contribution in [0.1, 0.15) is 53.4 Å². The molecule has 0 aromatic rings. The third kappa shape index (κ3) is 1.60. The van der Waals surface area contributed by atoms with E-state index in [0.717, 1.165) is 11.8 Å². The Kier molecular flexibility index (Phi) is 2.61. The molecule has 0 N–H and O–H groups in total. The van der Waals surface area contributed by atoms with Crippen LogP contribution in [0.3, 0.4) is 0 Å². The number of hydrogen-bond acceptors (Lipinski definition) is 0. The van der Waals surface area contributed by atoms with E-state index in [0.29, 0.717) is 5.41 Å². The van der Waals surface area contributed by atoms with Crippen LogP contribution in [-0.2, 0) is 0 Å². The maximum atomic E-state index is 2.47. The van der Waals surface area contributed by atoms with E-state index in [2.05, 4.69) is 27.7 Å². The van der Waals surface area contributed by atoms with Gasteiger partial charge in [-0.3, -0.25) is 0 Å². The quantitative estimate of drug-likeness (QED) is 0.579. The van der Waals surface area contributed by atoms with Gasteiger partial charge in [0, 0.05) is 0 Å². The smallest absolute Gasteiger partial charge is 0.0295 e. The van der Waals surface area contributed by atoms with Gasteiger partial charge in [0.25, 0.3) is 0 Å². The Hall–Kier alpha value is 0. The summed E-state index contributed by atoms with van der Waals surface area (Å²) in [6, 6.07) is 0. The molecule has 0 spiro atoms. The van der Waals surface area contributed by atoms with Crippen molar-refractivity contribution >= 4 is 0 Å². The van der Waals surface area contributed by atoms with Crippen LogP contribution in [-0.4, -0.2) is 0 Å². The van der Waals surface area contributed by atoms with E-state index in [4.69, 9.17) is 0 Å². The standard InChI is InChI=1S/C11H22/c1-5-9(3)11(4)7-10(6-2)8-11/h9-10H,5-8H2,1-4H3. The zero-order valence-corrected chi connectivity index (χ0v) is 8.48. The normalized spacial score (nSPS) is 39.8. The Morgan fingerprint density at radius 2 is 1.91 bits per heavy atom. The molecule has 66 valence electrons. The van der Waals surface area contributed by atoms with E-state index in [9.17, 15) is 0 Å². The number of rotatable bonds is 3. The fraction of sp³-hybridized carbons (Fsp3) is 1.00. The second-order valence-corrected chi connectivity index (χ2v) is 4.65. The first-order valence-electron chi connectivity index (χ1n) is 5.12. The fourth-order valence-electron chi connectivity index (χ4n) is 2.44. The van der Waals surface area contributed by atoms with Crippen LogP contribution in [0.2, 0.25) is 0 Å². The first-order chi connectivity index (χ1) is 5.12. The molecule has 0 aromatic carbocycles. The van der Waals surface area contributed by atoms with Gasteiger partial charge in [0.05, 0.1) is 0 Å². The van der Waals surface area contributed by atoms with Gasteiger partial charge in [-0.2, -0.15) is 0 Å². The minimum absolute atomic E-state index is 0.704. The minimum atomic E-state index is 0.704. The van der Waals surface area contributed by atoms with Crippen molar-refractivity contribution in [1.82, 2.24) is 0 Å². The Morgan fingerprint density at radius 1 is 1.36 bits per heavy atom. The SMILES string of the molecule is CCC1CC(C)(C(C)CC)C1. The van der Waals surface area contributed by atoms with Gasteiger partial charge >= 0.3 is 0 Å². The highest BCUT2D eigenvalue weighted by molar-refractivity contribution is 4.92. The van der Waals surface area contributed by atoms with Crippen molar-refractivity contribution in [1.29, 1.82) is 0 Å². The summed E-state index contributed by atoms with van der Waals surface area (Å²) in [7, 11) is 0. The van der Waals surface area contributed by atoms with Gasteiger partial charge in [0.2, 0.25) is 0 Å². The highest BCUT2D eigenvalue weighted by atomic mass is 14.5. The van der Waals surface area contributed by atoms with Crippen LogP contribution < -0.4 is 0 Å². The van der Waals surface area contributed by atoms with Crippen molar-refractivity contribution in [3.63, 3.8) is 0 Å². The largest absolute Gasteiger partial charge is 0.0651 e. The molecule has 0 saturated heterocycles. The first kappa shape index (κ1) is 9.09. The molecule has 0 heteroatoms. The fourth-order valence-corrected chi connectivity index (χ4v) is 2.44. The van der Waals surface area contributed by atoms with Gasteiger partial charge in [-0.25, -0.2) is 0 Å². The Morgan fingerprint density at radius 3 is 2.27 bits per heavy atom. The summed E-state index contributed by atoms with van der Waals surface area (Å²) < 4.78 is 0. The van der Waals surface area contributed by atoms with Gasteiger partial charge in [0.1, 0.15) is 0 Å². The molecule has 1 saturated carbocycles. The predicted octanol–water partition coefficient (Wildman–Crippen LogP) is 3.86. The monoisotopic (exact) mass is 154 g/mol. The average Bonchev–Trinajstić information content (AvgIpc) is 1.96. The van der Waals surface area contributed by atoms with Crippen molar-refractivity contribution in [3.05, 3.63) is 0 Å². The third-order valence-electron chi connectivity index (χ3n) is 3.89. The van der Waals surface area contributed by atoms with Crippen LogP contribution in [0.5, 0.6) is 0 Å². The zero-order chi connectivity index (χ0) is 8.48. The second kappa shape index (κ2) is 3.16. The Balaban J connectivity index is 2.36. The molecule has 0 aliphatic heterocycles. The lowest BCUT2D eigenvalue weighted by atomic mass is 9.56. The lowest BCUT2D eigenvalue weighted by molar-refractivity contribution is 0.0141. The van der Waals surface area contributed by atoms with Crippen LogP contribution in [0, 0.1) is 17.3 Å². The van der Waals surface area contributed by atoms with Crippen LogP contribution in [0.15, 0.2) is 0 Å². The summed E-state index contributed by atoms with van der Waals surface area (Å²) >= 11 is 0. The molecule has 1 aliphatic carbocycles. The van der Waals surface area contributed by atoms with E-state index in [1.807, 2.05) is 0 Å². The maximum absolute atomic E-state index is 2.47. The average molecular weight is 154 g/mol. The van der Waals surface area contributed by atoms with Gasteiger partial charge < -0.3 is 0 Å². The van der Waals surface area contributed by atoms with Crippen LogP contribution in [0.4, 0.5) is 0 Å². The molecule has 1 atom stereocenters. The molecule has 0 nitrogen and oxygen atoms in total. The van der Waals surface area contributed by atoms with Crippen molar-refractivity contribution in [3.8, 4) is 0 Å². The van der Waals surface area contributed by atoms with Crippen molar-refractivity contribution in [2.75, 3.05) is 0 Å². The molecule has 1 rings (SSSR count). The molecule has 11 heavy (non-hydrogen) atoms. The topological polar surface area (TPSA) is 0 Å². The molecular formula is C11H22. The predicted molar refractivity (Wildman–Crippen MR) is 50.6 cm³/mol. The molecule has 1 unspecified atom stereocenters. The second-order valence-electron chi connectivity index (χ2n) is 4.65. The van der Waals surface area contributed by atoms with Gasteiger partial charge in [0.15, 0.2) is 0 Å². The summed E-state index contributed by atoms with van der Waals surface area (Å²) in [6.07, 6.45) is 5.72. The van der Waals surface area contributed by atoms with Crippen LogP contribution in [0.25, 0.3) is 0 Å². The van der Waals surface area contributed by atoms with Crippen molar-refractivity contribution in [2.24, 2.45) is 17.3 Å². The molecule has 1 fully saturated rings. The first-order valence-corrected chi connectivity index (χ1v) is 5.12. The van der Waals surface area contributed by atoms with Gasteiger partial charge in [-0.05, 0) is 30.1 Å². The molecule has 1 aliphatic rings. The van der Waals surface area contributed by atoms with Gasteiger partial charge in [-0.1, -0.05) is 40.5 Å². The van der Waals surface area contributed by atoms with E-state index < -0.39 is 0 Å². The molecule has 0 amide bonds. The van der Waals surface area contributed by atoms with Gasteiger partial charge in [-0.15, -0.1) is 0 Å². The maximum Gasteiger partial charge on any atom is -0.0295 e. The van der Waals surface area contributed by atoms with E-state index in [1.165, 1.54) is 25.7 Å². The summed E-state index contributed by atoms with van der Waals surface area (Å²) in [6.45, 7) is 9.51. The van der Waals surface area contributed by atoms with Crippen molar-refractivity contribution in [2.45, 2.75) is 53.4 Å². The lowest BCUT2D eigenvalue weighted by Crippen LogP contribution is -2.39. The summed E-state index contributed by atoms with van der Waals surface area (Å²) in [5, 5.41) is 0. The molecule has 0 aromatic heterocycles.